The van der Waals surface area contributed by atoms with E-state index in [1.165, 1.54) is 4.68 Å². The first-order valence-corrected chi connectivity index (χ1v) is 7.65. The number of hydrogen-bond donors (Lipinski definition) is 1. The van der Waals surface area contributed by atoms with Gasteiger partial charge in [-0.05, 0) is 19.1 Å². The van der Waals surface area contributed by atoms with E-state index >= 15 is 0 Å². The highest BCUT2D eigenvalue weighted by atomic mass is 16.2. The lowest BCUT2D eigenvalue weighted by atomic mass is 10.0. The van der Waals surface area contributed by atoms with Crippen LogP contribution in [-0.4, -0.2) is 15.6 Å². The van der Waals surface area contributed by atoms with E-state index in [0.29, 0.717) is 16.9 Å². The Kier molecular flexibility index (Phi) is 5.31. The average molecular weight is 308 g/mol. The molecule has 0 aliphatic rings. The molecule has 0 spiro atoms. The zero-order valence-electron chi connectivity index (χ0n) is 13.5. The van der Waals surface area contributed by atoms with Crippen molar-refractivity contribution in [1.29, 1.82) is 0 Å². The van der Waals surface area contributed by atoms with E-state index in [0.717, 1.165) is 0 Å². The molecule has 3 aromatic rings. The highest BCUT2D eigenvalue weighted by Gasteiger charge is 2.20. The van der Waals surface area contributed by atoms with Crippen molar-refractivity contribution >= 4 is 5.78 Å². The fourth-order valence-electron chi connectivity index (χ4n) is 2.31. The molecule has 1 aromatic heterocycles. The van der Waals surface area contributed by atoms with E-state index < -0.39 is 0 Å². The van der Waals surface area contributed by atoms with Crippen LogP contribution in [0.2, 0.25) is 0 Å². The van der Waals surface area contributed by atoms with E-state index in [1.54, 1.807) is 31.2 Å². The van der Waals surface area contributed by atoms with Crippen LogP contribution in [-0.2, 0) is 0 Å². The van der Waals surface area contributed by atoms with E-state index in [9.17, 15) is 9.59 Å². The number of nitrogens with one attached hydrogen (secondary N) is 1. The molecule has 4 heteroatoms. The van der Waals surface area contributed by atoms with Gasteiger partial charge in [-0.1, -0.05) is 62.4 Å². The molecule has 1 N–H and O–H groups in total. The third-order valence-electron chi connectivity index (χ3n) is 3.35. The van der Waals surface area contributed by atoms with Crippen molar-refractivity contribution in [3.63, 3.8) is 0 Å². The number of rotatable bonds is 3. The van der Waals surface area contributed by atoms with Crippen LogP contribution in [0.25, 0.3) is 5.69 Å². The Balaban J connectivity index is 0.000000924. The number of carbonyl (C=O) groups is 1. The molecule has 23 heavy (non-hydrogen) atoms. The van der Waals surface area contributed by atoms with Gasteiger partial charge in [-0.2, -0.15) is 0 Å². The Bertz CT molecular complexity index is 831. The molecule has 0 atom stereocenters. The van der Waals surface area contributed by atoms with Crippen LogP contribution in [0.15, 0.2) is 65.5 Å². The zero-order valence-corrected chi connectivity index (χ0v) is 13.5. The number of benzene rings is 2. The number of ketones is 1. The predicted molar refractivity (Wildman–Crippen MR) is 92.3 cm³/mol. The smallest absolute Gasteiger partial charge is 0.282 e. The SMILES string of the molecule is CC.Cc1[nH]n(-c2ccccc2)c(=O)c1C(=O)c1ccccc1. The predicted octanol–water partition coefficient (Wildman–Crippen LogP) is 3.73. The molecule has 0 unspecified atom stereocenters. The normalized spacial score (nSPS) is 9.87. The summed E-state index contributed by atoms with van der Waals surface area (Å²) in [6, 6.07) is 18.0. The summed E-state index contributed by atoms with van der Waals surface area (Å²) in [5.41, 5.74) is 1.64. The monoisotopic (exact) mass is 308 g/mol. The average Bonchev–Trinajstić information content (AvgIpc) is 2.92. The maximum absolute atomic E-state index is 12.5. The zero-order chi connectivity index (χ0) is 16.8. The summed E-state index contributed by atoms with van der Waals surface area (Å²) in [7, 11) is 0. The summed E-state index contributed by atoms with van der Waals surface area (Å²) in [6.07, 6.45) is 0. The molecule has 0 aliphatic heterocycles. The Morgan fingerprint density at radius 3 is 2.00 bits per heavy atom. The standard InChI is InChI=1S/C17H14N2O2.C2H6/c1-12-15(16(20)13-8-4-2-5-9-13)17(21)19(18-12)14-10-6-3-7-11-14;1-2/h2-11,18H,1H3;1-2H3. The summed E-state index contributed by atoms with van der Waals surface area (Å²) in [5, 5.41) is 2.96. The largest absolute Gasteiger partial charge is 0.295 e. The minimum atomic E-state index is -0.326. The lowest BCUT2D eigenvalue weighted by Crippen LogP contribution is -2.20. The molecule has 0 saturated carbocycles. The fraction of sp³-hybridized carbons (Fsp3) is 0.158. The van der Waals surface area contributed by atoms with Crippen molar-refractivity contribution in [2.24, 2.45) is 0 Å². The molecule has 0 fully saturated rings. The number of H-pyrrole nitrogens is 1. The van der Waals surface area contributed by atoms with Crippen LogP contribution < -0.4 is 5.56 Å². The van der Waals surface area contributed by atoms with Gasteiger partial charge < -0.3 is 0 Å². The van der Waals surface area contributed by atoms with Crippen LogP contribution in [0.3, 0.4) is 0 Å². The molecule has 0 saturated heterocycles. The highest BCUT2D eigenvalue weighted by molar-refractivity contribution is 6.09. The number of nitrogens with zero attached hydrogens (tertiary/aromatic N) is 1. The van der Waals surface area contributed by atoms with Gasteiger partial charge in [0.05, 0.1) is 5.69 Å². The van der Waals surface area contributed by atoms with E-state index in [-0.39, 0.29) is 16.9 Å². The van der Waals surface area contributed by atoms with Gasteiger partial charge in [0.15, 0.2) is 5.78 Å². The van der Waals surface area contributed by atoms with Gasteiger partial charge in [-0.25, -0.2) is 4.68 Å². The van der Waals surface area contributed by atoms with Crippen LogP contribution in [0, 0.1) is 6.92 Å². The molecule has 0 aliphatic carbocycles. The molecule has 3 rings (SSSR count). The summed E-state index contributed by atoms with van der Waals surface area (Å²) < 4.78 is 1.39. The minimum Gasteiger partial charge on any atom is -0.295 e. The molecule has 1 heterocycles. The first-order valence-electron chi connectivity index (χ1n) is 7.65. The Morgan fingerprint density at radius 1 is 0.913 bits per heavy atom. The molecule has 0 amide bonds. The summed E-state index contributed by atoms with van der Waals surface area (Å²) in [4.78, 5) is 25.0. The number of hydrogen-bond acceptors (Lipinski definition) is 2. The van der Waals surface area contributed by atoms with E-state index in [2.05, 4.69) is 5.10 Å². The second-order valence-corrected chi connectivity index (χ2v) is 4.78. The molecule has 4 nitrogen and oxygen atoms in total. The van der Waals surface area contributed by atoms with Crippen molar-refractivity contribution in [2.45, 2.75) is 20.8 Å². The minimum absolute atomic E-state index is 0.185. The van der Waals surface area contributed by atoms with Crippen LogP contribution in [0.4, 0.5) is 0 Å². The highest BCUT2D eigenvalue weighted by Crippen LogP contribution is 2.11. The Morgan fingerprint density at radius 2 is 1.43 bits per heavy atom. The van der Waals surface area contributed by atoms with Crippen molar-refractivity contribution in [2.75, 3.05) is 0 Å². The van der Waals surface area contributed by atoms with Crippen molar-refractivity contribution in [3.8, 4) is 5.69 Å². The quantitative estimate of drug-likeness (QED) is 0.750. The fourth-order valence-corrected chi connectivity index (χ4v) is 2.31. The van der Waals surface area contributed by atoms with Gasteiger partial charge in [-0.3, -0.25) is 14.7 Å². The Labute approximate surface area is 135 Å². The van der Waals surface area contributed by atoms with Crippen LogP contribution in [0.5, 0.6) is 0 Å². The number of para-hydroxylation sites is 1. The molecule has 0 radical (unpaired) electrons. The van der Waals surface area contributed by atoms with Gasteiger partial charge in [0, 0.05) is 11.3 Å². The number of carbonyl (C=O) groups excluding carboxylic acids is 1. The third kappa shape index (κ3) is 3.31. The lowest BCUT2D eigenvalue weighted by molar-refractivity contribution is 0.103. The molecule has 2 aromatic carbocycles. The van der Waals surface area contributed by atoms with Gasteiger partial charge in [0.1, 0.15) is 5.56 Å². The second-order valence-electron chi connectivity index (χ2n) is 4.78. The number of aromatic nitrogens is 2. The molecule has 0 bridgehead atoms. The van der Waals surface area contributed by atoms with Crippen molar-refractivity contribution in [3.05, 3.63) is 87.8 Å². The maximum atomic E-state index is 12.5. The molecular weight excluding hydrogens is 288 g/mol. The molecular formula is C19H20N2O2. The maximum Gasteiger partial charge on any atom is 0.282 e. The summed E-state index contributed by atoms with van der Waals surface area (Å²) in [5.74, 6) is -0.260. The third-order valence-corrected chi connectivity index (χ3v) is 3.35. The number of aryl methyl sites for hydroxylation is 1. The lowest BCUT2D eigenvalue weighted by Gasteiger charge is -1.99. The number of aromatic amines is 1. The first-order chi connectivity index (χ1) is 11.2. The van der Waals surface area contributed by atoms with Gasteiger partial charge >= 0.3 is 0 Å². The Hall–Kier alpha value is -2.88. The van der Waals surface area contributed by atoms with Gasteiger partial charge in [0.25, 0.3) is 5.56 Å². The first kappa shape index (κ1) is 16.5. The summed E-state index contributed by atoms with van der Waals surface area (Å²) in [6.45, 7) is 5.73. The van der Waals surface area contributed by atoms with E-state index in [4.69, 9.17) is 0 Å². The van der Waals surface area contributed by atoms with Crippen molar-refractivity contribution < 1.29 is 4.79 Å². The second kappa shape index (κ2) is 7.40. The van der Waals surface area contributed by atoms with Crippen molar-refractivity contribution in [1.82, 2.24) is 9.78 Å². The topological polar surface area (TPSA) is 54.9 Å². The van der Waals surface area contributed by atoms with Gasteiger partial charge in [-0.15, -0.1) is 0 Å². The summed E-state index contributed by atoms with van der Waals surface area (Å²) >= 11 is 0. The van der Waals surface area contributed by atoms with E-state index in [1.807, 2.05) is 50.2 Å². The van der Waals surface area contributed by atoms with Crippen LogP contribution >= 0.6 is 0 Å². The van der Waals surface area contributed by atoms with Gasteiger partial charge in [0.2, 0.25) is 0 Å². The molecule has 118 valence electrons. The van der Waals surface area contributed by atoms with Crippen LogP contribution in [0.1, 0.15) is 35.5 Å².